The standard InChI is InChI=1S/C18H15ClN2O3/c1-10-4-3-7-20-16(10)18(23)17-13(9-15(22)24-2)12-8-11(19)5-6-14(12)21-17/h3-8,21H,9H2,1-2H3. The fraction of sp³-hybridized carbons (Fsp3) is 0.167. The third-order valence-electron chi connectivity index (χ3n) is 3.87. The Hall–Kier alpha value is -2.66. The van der Waals surface area contributed by atoms with Gasteiger partial charge in [-0.25, -0.2) is 0 Å². The van der Waals surface area contributed by atoms with Crippen LogP contribution in [0.2, 0.25) is 5.02 Å². The van der Waals surface area contributed by atoms with Gasteiger partial charge in [-0.1, -0.05) is 17.7 Å². The third kappa shape index (κ3) is 2.90. The zero-order chi connectivity index (χ0) is 17.3. The first-order chi connectivity index (χ1) is 11.5. The summed E-state index contributed by atoms with van der Waals surface area (Å²) in [4.78, 5) is 32.0. The van der Waals surface area contributed by atoms with Crippen LogP contribution in [0.5, 0.6) is 0 Å². The maximum atomic E-state index is 12.9. The molecule has 24 heavy (non-hydrogen) atoms. The summed E-state index contributed by atoms with van der Waals surface area (Å²) in [5.41, 5.74) is 2.74. The summed E-state index contributed by atoms with van der Waals surface area (Å²) in [6, 6.07) is 8.82. The first kappa shape index (κ1) is 16.2. The minimum Gasteiger partial charge on any atom is -0.469 e. The van der Waals surface area contributed by atoms with Gasteiger partial charge in [0.1, 0.15) is 5.69 Å². The number of hydrogen-bond donors (Lipinski definition) is 1. The summed E-state index contributed by atoms with van der Waals surface area (Å²) in [6.45, 7) is 1.82. The topological polar surface area (TPSA) is 72.1 Å². The number of aromatic amines is 1. The minimum atomic E-state index is -0.428. The van der Waals surface area contributed by atoms with Crippen molar-refractivity contribution in [3.8, 4) is 0 Å². The average molecular weight is 343 g/mol. The SMILES string of the molecule is COC(=O)Cc1c(C(=O)c2ncccc2C)[nH]c2ccc(Cl)cc12. The largest absolute Gasteiger partial charge is 0.469 e. The van der Waals surface area contributed by atoms with Crippen LogP contribution in [0, 0.1) is 6.92 Å². The lowest BCUT2D eigenvalue weighted by Crippen LogP contribution is -2.12. The highest BCUT2D eigenvalue weighted by Crippen LogP contribution is 2.28. The van der Waals surface area contributed by atoms with Gasteiger partial charge in [0.2, 0.25) is 5.78 Å². The molecule has 1 N–H and O–H groups in total. The van der Waals surface area contributed by atoms with Crippen LogP contribution in [-0.2, 0) is 16.0 Å². The molecular weight excluding hydrogens is 328 g/mol. The Morgan fingerprint density at radius 2 is 2.08 bits per heavy atom. The van der Waals surface area contributed by atoms with Crippen LogP contribution < -0.4 is 0 Å². The van der Waals surface area contributed by atoms with Crippen LogP contribution >= 0.6 is 11.6 Å². The van der Waals surface area contributed by atoms with E-state index < -0.39 is 5.97 Å². The number of nitrogens with one attached hydrogen (secondary N) is 1. The Bertz CT molecular complexity index is 947. The van der Waals surface area contributed by atoms with Gasteiger partial charge in [-0.15, -0.1) is 0 Å². The van der Waals surface area contributed by atoms with Gasteiger partial charge in [0, 0.05) is 27.7 Å². The van der Waals surface area contributed by atoms with E-state index >= 15 is 0 Å². The van der Waals surface area contributed by atoms with Crippen LogP contribution in [0.1, 0.15) is 27.3 Å². The molecule has 0 spiro atoms. The van der Waals surface area contributed by atoms with Crippen molar-refractivity contribution in [2.75, 3.05) is 7.11 Å². The molecule has 0 aliphatic heterocycles. The van der Waals surface area contributed by atoms with E-state index in [1.165, 1.54) is 7.11 Å². The van der Waals surface area contributed by atoms with Gasteiger partial charge in [0.05, 0.1) is 19.2 Å². The lowest BCUT2D eigenvalue weighted by molar-refractivity contribution is -0.139. The molecule has 1 aromatic carbocycles. The van der Waals surface area contributed by atoms with Gasteiger partial charge in [-0.05, 0) is 36.8 Å². The number of carbonyl (C=O) groups is 2. The second-order valence-corrected chi connectivity index (χ2v) is 5.86. The molecule has 3 rings (SSSR count). The average Bonchev–Trinajstić information content (AvgIpc) is 2.92. The molecule has 2 aromatic heterocycles. The van der Waals surface area contributed by atoms with Crippen molar-refractivity contribution in [1.29, 1.82) is 0 Å². The highest BCUT2D eigenvalue weighted by molar-refractivity contribution is 6.31. The Balaban J connectivity index is 2.19. The molecule has 2 heterocycles. The predicted molar refractivity (Wildman–Crippen MR) is 91.4 cm³/mol. The molecule has 3 aromatic rings. The molecule has 0 radical (unpaired) electrons. The van der Waals surface area contributed by atoms with Crippen molar-refractivity contribution in [2.24, 2.45) is 0 Å². The number of ether oxygens (including phenoxy) is 1. The lowest BCUT2D eigenvalue weighted by Gasteiger charge is -2.05. The zero-order valence-electron chi connectivity index (χ0n) is 13.2. The first-order valence-electron chi connectivity index (χ1n) is 7.34. The van der Waals surface area contributed by atoms with Crippen molar-refractivity contribution in [2.45, 2.75) is 13.3 Å². The molecule has 122 valence electrons. The van der Waals surface area contributed by atoms with E-state index in [2.05, 4.69) is 9.97 Å². The number of pyridine rings is 1. The number of halogens is 1. The molecule has 0 saturated carbocycles. The summed E-state index contributed by atoms with van der Waals surface area (Å²) in [7, 11) is 1.31. The molecule has 5 nitrogen and oxygen atoms in total. The number of methoxy groups -OCH3 is 1. The van der Waals surface area contributed by atoms with Crippen molar-refractivity contribution in [3.05, 3.63) is 64.1 Å². The van der Waals surface area contributed by atoms with E-state index in [0.717, 1.165) is 16.5 Å². The second-order valence-electron chi connectivity index (χ2n) is 5.42. The third-order valence-corrected chi connectivity index (χ3v) is 4.10. The second kappa shape index (κ2) is 6.45. The zero-order valence-corrected chi connectivity index (χ0v) is 14.0. The van der Waals surface area contributed by atoms with E-state index in [-0.39, 0.29) is 12.2 Å². The van der Waals surface area contributed by atoms with Crippen LogP contribution in [0.4, 0.5) is 0 Å². The Morgan fingerprint density at radius 1 is 1.29 bits per heavy atom. The Kier molecular flexibility index (Phi) is 4.36. The summed E-state index contributed by atoms with van der Waals surface area (Å²) in [5.74, 6) is -0.693. The predicted octanol–water partition coefficient (Wildman–Crippen LogP) is 3.47. The fourth-order valence-electron chi connectivity index (χ4n) is 2.66. The maximum absolute atomic E-state index is 12.9. The van der Waals surface area contributed by atoms with Crippen molar-refractivity contribution < 1.29 is 14.3 Å². The van der Waals surface area contributed by atoms with E-state index in [9.17, 15) is 9.59 Å². The van der Waals surface area contributed by atoms with Crippen LogP contribution in [0.15, 0.2) is 36.5 Å². The van der Waals surface area contributed by atoms with Crippen LogP contribution in [0.25, 0.3) is 10.9 Å². The highest BCUT2D eigenvalue weighted by Gasteiger charge is 2.23. The lowest BCUT2D eigenvalue weighted by atomic mass is 10.0. The van der Waals surface area contributed by atoms with Crippen molar-refractivity contribution in [3.63, 3.8) is 0 Å². The van der Waals surface area contributed by atoms with E-state index in [0.29, 0.717) is 22.0 Å². The van der Waals surface area contributed by atoms with Gasteiger partial charge >= 0.3 is 5.97 Å². The molecule has 0 saturated heterocycles. The molecule has 0 aliphatic rings. The van der Waals surface area contributed by atoms with Gasteiger partial charge < -0.3 is 9.72 Å². The number of rotatable bonds is 4. The molecule has 0 aliphatic carbocycles. The molecule has 0 fully saturated rings. The molecule has 0 atom stereocenters. The van der Waals surface area contributed by atoms with Crippen molar-refractivity contribution >= 4 is 34.3 Å². The van der Waals surface area contributed by atoms with Gasteiger partial charge in [-0.3, -0.25) is 14.6 Å². The minimum absolute atomic E-state index is 0.0240. The number of hydrogen-bond acceptors (Lipinski definition) is 4. The number of H-pyrrole nitrogens is 1. The molecule has 0 amide bonds. The number of carbonyl (C=O) groups excluding carboxylic acids is 2. The fourth-order valence-corrected chi connectivity index (χ4v) is 2.83. The molecule has 0 unspecified atom stereocenters. The van der Waals surface area contributed by atoms with E-state index in [1.807, 2.05) is 13.0 Å². The number of benzene rings is 1. The van der Waals surface area contributed by atoms with Crippen LogP contribution in [-0.4, -0.2) is 28.8 Å². The van der Waals surface area contributed by atoms with Crippen LogP contribution in [0.3, 0.4) is 0 Å². The Morgan fingerprint density at radius 3 is 2.79 bits per heavy atom. The number of aryl methyl sites for hydroxylation is 1. The number of ketones is 1. The number of nitrogens with zero attached hydrogens (tertiary/aromatic N) is 1. The highest BCUT2D eigenvalue weighted by atomic mass is 35.5. The smallest absolute Gasteiger partial charge is 0.310 e. The van der Waals surface area contributed by atoms with E-state index in [1.54, 1.807) is 30.5 Å². The summed E-state index contributed by atoms with van der Waals surface area (Å²) in [6.07, 6.45) is 1.55. The van der Waals surface area contributed by atoms with Gasteiger partial charge in [-0.2, -0.15) is 0 Å². The number of aromatic nitrogens is 2. The van der Waals surface area contributed by atoms with Gasteiger partial charge in [0.25, 0.3) is 0 Å². The monoisotopic (exact) mass is 342 g/mol. The Labute approximate surface area is 143 Å². The summed E-state index contributed by atoms with van der Waals surface area (Å²) in [5, 5.41) is 1.26. The molecule has 0 bridgehead atoms. The van der Waals surface area contributed by atoms with Crippen molar-refractivity contribution in [1.82, 2.24) is 9.97 Å². The summed E-state index contributed by atoms with van der Waals surface area (Å²) < 4.78 is 4.75. The number of esters is 1. The summed E-state index contributed by atoms with van der Waals surface area (Å²) >= 11 is 6.06. The normalized spacial score (nSPS) is 10.8. The quantitative estimate of drug-likeness (QED) is 0.582. The van der Waals surface area contributed by atoms with E-state index in [4.69, 9.17) is 16.3 Å². The molecule has 6 heteroatoms. The first-order valence-corrected chi connectivity index (χ1v) is 7.72. The van der Waals surface area contributed by atoms with Gasteiger partial charge in [0.15, 0.2) is 0 Å². The molecular formula is C18H15ClN2O3. The maximum Gasteiger partial charge on any atom is 0.310 e. The number of fused-ring (bicyclic) bond motifs is 1.